The lowest BCUT2D eigenvalue weighted by Crippen LogP contribution is -2.53. The van der Waals surface area contributed by atoms with E-state index in [2.05, 4.69) is 20.9 Å². The highest BCUT2D eigenvalue weighted by molar-refractivity contribution is 7.21. The molecular weight excluding hydrogens is 536 g/mol. The average Bonchev–Trinajstić information content (AvgIpc) is 3.30. The molecule has 40 heavy (non-hydrogen) atoms. The fraction of sp³-hybridized carbons (Fsp3) is 0.276. The Bertz CT molecular complexity index is 1560. The lowest BCUT2D eigenvalue weighted by Gasteiger charge is -2.31. The highest BCUT2D eigenvalue weighted by Gasteiger charge is 2.38. The number of hydrogen-bond acceptors (Lipinski definition) is 6. The van der Waals surface area contributed by atoms with Crippen LogP contribution in [0, 0.1) is 6.92 Å². The zero-order valence-corrected chi connectivity index (χ0v) is 23.1. The first-order chi connectivity index (χ1) is 19.3. The molecule has 2 aliphatic rings. The highest BCUT2D eigenvalue weighted by atomic mass is 32.1. The topological polar surface area (TPSA) is 95.6 Å². The van der Waals surface area contributed by atoms with Crippen LogP contribution < -0.4 is 25.6 Å². The van der Waals surface area contributed by atoms with Crippen molar-refractivity contribution < 1.29 is 23.1 Å². The molecule has 8 nitrogen and oxygen atoms in total. The van der Waals surface area contributed by atoms with Crippen molar-refractivity contribution in [2.24, 2.45) is 0 Å². The van der Waals surface area contributed by atoms with Crippen molar-refractivity contribution in [1.29, 1.82) is 0 Å². The Balaban J connectivity index is 0.00000158. The second kappa shape index (κ2) is 11.2. The predicted octanol–water partition coefficient (Wildman–Crippen LogP) is 6.83. The van der Waals surface area contributed by atoms with Gasteiger partial charge in [-0.05, 0) is 48.9 Å². The van der Waals surface area contributed by atoms with Crippen LogP contribution in [0.4, 0.5) is 30.6 Å². The molecule has 6 rings (SSSR count). The van der Waals surface area contributed by atoms with Gasteiger partial charge in [0.25, 0.3) is 11.8 Å². The lowest BCUT2D eigenvalue weighted by molar-refractivity contribution is -0.0301. The van der Waals surface area contributed by atoms with Crippen LogP contribution in [-0.4, -0.2) is 42.0 Å². The minimum absolute atomic E-state index is 0.227. The first-order valence-electron chi connectivity index (χ1n) is 13.0. The summed E-state index contributed by atoms with van der Waals surface area (Å²) in [7, 11) is 0. The number of carbonyl (C=O) groups excluding carboxylic acids is 2. The Morgan fingerprint density at radius 2 is 1.90 bits per heavy atom. The van der Waals surface area contributed by atoms with E-state index in [4.69, 9.17) is 4.74 Å². The van der Waals surface area contributed by atoms with Gasteiger partial charge in [0.15, 0.2) is 0 Å². The van der Waals surface area contributed by atoms with Crippen molar-refractivity contribution >= 4 is 50.6 Å². The van der Waals surface area contributed by atoms with Gasteiger partial charge >= 0.3 is 6.03 Å². The van der Waals surface area contributed by atoms with Crippen molar-refractivity contribution in [3.63, 3.8) is 0 Å². The van der Waals surface area contributed by atoms with Crippen LogP contribution in [0.5, 0.6) is 11.5 Å². The summed E-state index contributed by atoms with van der Waals surface area (Å²) in [5.41, 5.74) is 2.37. The van der Waals surface area contributed by atoms with Crippen LogP contribution in [0.2, 0.25) is 0 Å². The van der Waals surface area contributed by atoms with E-state index in [1.54, 1.807) is 29.3 Å². The van der Waals surface area contributed by atoms with Gasteiger partial charge in [-0.3, -0.25) is 9.69 Å². The summed E-state index contributed by atoms with van der Waals surface area (Å²) in [6, 6.07) is 15.4. The van der Waals surface area contributed by atoms with E-state index in [0.29, 0.717) is 38.8 Å². The number of ether oxygens (including phenoxy) is 1. The van der Waals surface area contributed by atoms with E-state index < -0.39 is 36.9 Å². The zero-order valence-electron chi connectivity index (χ0n) is 22.3. The fourth-order valence-corrected chi connectivity index (χ4v) is 5.86. The van der Waals surface area contributed by atoms with Crippen LogP contribution in [0.1, 0.15) is 35.5 Å². The monoisotopic (exact) mass is 565 g/mol. The standard InChI is InChI=1S/C27H23F2N5O3S.C2H6/c1-15-11-18(37-17-5-3-2-4-6-17)7-8-19(15)34-20-9-10-31-25-21(20)22(33-26(34)36)23(38-25)24(35)32-16-12-27(28,29)14-30-13-16;1-2/h2-11,16,30H,12-14H2,1H3,(H,32,35)(H,33,36);1-2H3. The second-order valence-electron chi connectivity index (χ2n) is 9.31. The molecule has 1 saturated heterocycles. The van der Waals surface area contributed by atoms with Crippen LogP contribution in [0.25, 0.3) is 10.2 Å². The SMILES string of the molecule is CC.Cc1cc(Oc2ccccc2)ccc1N1C(=O)Nc2c(C(=O)NC3CNCC(F)(F)C3)sc3nccc1c23. The van der Waals surface area contributed by atoms with Gasteiger partial charge in [0, 0.05) is 25.2 Å². The molecule has 2 aromatic heterocycles. The Labute approximate surface area is 234 Å². The first kappa shape index (κ1) is 27.5. The Kier molecular flexibility index (Phi) is 7.68. The number of alkyl halides is 2. The Hall–Kier alpha value is -4.09. The maximum absolute atomic E-state index is 13.8. The average molecular weight is 566 g/mol. The van der Waals surface area contributed by atoms with E-state index in [9.17, 15) is 18.4 Å². The minimum Gasteiger partial charge on any atom is -0.457 e. The molecule has 0 radical (unpaired) electrons. The van der Waals surface area contributed by atoms with Gasteiger partial charge in [0.05, 0.1) is 29.0 Å². The molecule has 2 aliphatic heterocycles. The summed E-state index contributed by atoms with van der Waals surface area (Å²) in [6.07, 6.45) is 1.14. The van der Waals surface area contributed by atoms with Gasteiger partial charge in [0.1, 0.15) is 21.2 Å². The molecule has 4 aromatic rings. The summed E-state index contributed by atoms with van der Waals surface area (Å²) in [6.45, 7) is 5.72. The van der Waals surface area contributed by atoms with Gasteiger partial charge in [-0.25, -0.2) is 18.6 Å². The number of para-hydroxylation sites is 1. The predicted molar refractivity (Wildman–Crippen MR) is 154 cm³/mol. The molecule has 1 atom stereocenters. The van der Waals surface area contributed by atoms with E-state index in [-0.39, 0.29) is 11.4 Å². The number of pyridine rings is 1. The molecule has 2 aromatic carbocycles. The molecule has 0 aliphatic carbocycles. The second-order valence-corrected chi connectivity index (χ2v) is 10.3. The van der Waals surface area contributed by atoms with Gasteiger partial charge < -0.3 is 20.7 Å². The summed E-state index contributed by atoms with van der Waals surface area (Å²) in [5, 5.41) is 8.80. The number of nitrogens with one attached hydrogen (secondary N) is 3. The summed E-state index contributed by atoms with van der Waals surface area (Å²) < 4.78 is 33.5. The molecular formula is C29H29F2N5O3S. The minimum atomic E-state index is -2.90. The van der Waals surface area contributed by atoms with Crippen molar-refractivity contribution in [3.8, 4) is 11.5 Å². The number of hydrogen-bond donors (Lipinski definition) is 3. The van der Waals surface area contributed by atoms with Crippen molar-refractivity contribution in [2.45, 2.75) is 39.2 Å². The van der Waals surface area contributed by atoms with Gasteiger partial charge in [-0.2, -0.15) is 0 Å². The van der Waals surface area contributed by atoms with E-state index in [1.165, 1.54) is 0 Å². The number of rotatable bonds is 5. The Morgan fingerprint density at radius 1 is 1.12 bits per heavy atom. The number of thiophene rings is 1. The maximum atomic E-state index is 13.8. The van der Waals surface area contributed by atoms with E-state index >= 15 is 0 Å². The van der Waals surface area contributed by atoms with Crippen LogP contribution >= 0.6 is 11.3 Å². The fourth-order valence-electron chi connectivity index (χ4n) is 4.84. The normalized spacial score (nSPS) is 17.5. The van der Waals surface area contributed by atoms with Crippen LogP contribution in [0.15, 0.2) is 60.8 Å². The zero-order chi connectivity index (χ0) is 28.4. The number of aromatic nitrogens is 1. The lowest BCUT2D eigenvalue weighted by atomic mass is 10.0. The summed E-state index contributed by atoms with van der Waals surface area (Å²) in [5.74, 6) is -2.08. The van der Waals surface area contributed by atoms with Gasteiger partial charge in [-0.15, -0.1) is 11.3 Å². The van der Waals surface area contributed by atoms with Gasteiger partial charge in [0.2, 0.25) is 0 Å². The molecule has 208 valence electrons. The van der Waals surface area contributed by atoms with Crippen LogP contribution in [-0.2, 0) is 0 Å². The smallest absolute Gasteiger partial charge is 0.331 e. The first-order valence-corrected chi connectivity index (χ1v) is 13.9. The number of carbonyl (C=O) groups is 2. The third-order valence-corrected chi connectivity index (χ3v) is 7.59. The quantitative estimate of drug-likeness (QED) is 0.246. The van der Waals surface area contributed by atoms with Gasteiger partial charge in [-0.1, -0.05) is 32.0 Å². The van der Waals surface area contributed by atoms with Crippen molar-refractivity contribution in [2.75, 3.05) is 23.3 Å². The number of piperidine rings is 1. The molecule has 3 N–H and O–H groups in total. The number of urea groups is 1. The van der Waals surface area contributed by atoms with E-state index in [0.717, 1.165) is 16.9 Å². The molecule has 0 spiro atoms. The molecule has 0 saturated carbocycles. The number of anilines is 3. The summed E-state index contributed by atoms with van der Waals surface area (Å²) in [4.78, 5) is 33.3. The largest absolute Gasteiger partial charge is 0.457 e. The third-order valence-electron chi connectivity index (χ3n) is 6.49. The van der Waals surface area contributed by atoms with E-state index in [1.807, 2.05) is 57.2 Å². The number of aryl methyl sites for hydroxylation is 1. The molecule has 4 heterocycles. The maximum Gasteiger partial charge on any atom is 0.331 e. The highest BCUT2D eigenvalue weighted by Crippen LogP contribution is 2.46. The van der Waals surface area contributed by atoms with Crippen molar-refractivity contribution in [1.82, 2.24) is 15.6 Å². The number of halogens is 2. The molecule has 0 bridgehead atoms. The number of benzene rings is 2. The molecule has 1 unspecified atom stereocenters. The molecule has 1 fully saturated rings. The summed E-state index contributed by atoms with van der Waals surface area (Å²) >= 11 is 1.11. The third kappa shape index (κ3) is 5.34. The molecule has 11 heteroatoms. The van der Waals surface area contributed by atoms with Crippen LogP contribution in [0.3, 0.4) is 0 Å². The molecule has 3 amide bonds. The number of nitrogens with zero attached hydrogens (tertiary/aromatic N) is 2. The van der Waals surface area contributed by atoms with Crippen molar-refractivity contribution in [3.05, 3.63) is 71.2 Å². The number of amides is 3. The Morgan fingerprint density at radius 3 is 2.62 bits per heavy atom.